The van der Waals surface area contributed by atoms with E-state index in [4.69, 9.17) is 4.74 Å². The minimum Gasteiger partial charge on any atom is -0.380 e. The topological polar surface area (TPSA) is 49.8 Å². The van der Waals surface area contributed by atoms with E-state index >= 15 is 0 Å². The summed E-state index contributed by atoms with van der Waals surface area (Å²) < 4.78 is 43.1. The smallest absolute Gasteiger partial charge is 0.380 e. The summed E-state index contributed by atoms with van der Waals surface area (Å²) in [5.74, 6) is -0.115. The summed E-state index contributed by atoms with van der Waals surface area (Å²) in [5.41, 5.74) is 1.30. The second-order valence-corrected chi connectivity index (χ2v) is 7.41. The first-order valence-corrected chi connectivity index (χ1v) is 9.33. The number of nitrogens with zero attached hydrogens (tertiary/aromatic N) is 1. The van der Waals surface area contributed by atoms with Crippen molar-refractivity contribution < 1.29 is 27.8 Å². The lowest BCUT2D eigenvalue weighted by Crippen LogP contribution is -2.46. The zero-order valence-corrected chi connectivity index (χ0v) is 15.6. The number of carbonyl (C=O) groups is 1. The molecule has 152 valence electrons. The summed E-state index contributed by atoms with van der Waals surface area (Å²) in [5, 5.41) is 10.3. The lowest BCUT2D eigenvalue weighted by Gasteiger charge is -2.36. The van der Waals surface area contributed by atoms with Crippen molar-refractivity contribution in [2.24, 2.45) is 0 Å². The van der Waals surface area contributed by atoms with Crippen LogP contribution in [-0.2, 0) is 16.5 Å². The number of halogens is 3. The maximum absolute atomic E-state index is 12.7. The molecule has 29 heavy (non-hydrogen) atoms. The van der Waals surface area contributed by atoms with Crippen LogP contribution >= 0.6 is 0 Å². The largest absolute Gasteiger partial charge is 0.416 e. The fourth-order valence-corrected chi connectivity index (χ4v) is 3.56. The SMILES string of the molecule is O=C(c1ccc(C2(O)COC2)cc1)N1CC=C(c2ccc(C(F)(F)F)cc2)CC1. The predicted octanol–water partition coefficient (Wildman–Crippen LogP) is 3.85. The molecule has 0 saturated carbocycles. The van der Waals surface area contributed by atoms with Crippen molar-refractivity contribution in [2.45, 2.75) is 18.2 Å². The number of hydrogen-bond donors (Lipinski definition) is 1. The van der Waals surface area contributed by atoms with Gasteiger partial charge in [0.2, 0.25) is 0 Å². The molecule has 2 aliphatic heterocycles. The molecule has 1 amide bonds. The van der Waals surface area contributed by atoms with Crippen molar-refractivity contribution in [3.63, 3.8) is 0 Å². The van der Waals surface area contributed by atoms with E-state index in [1.807, 2.05) is 6.08 Å². The lowest BCUT2D eigenvalue weighted by molar-refractivity contribution is -0.184. The lowest BCUT2D eigenvalue weighted by atomic mass is 9.91. The molecule has 7 heteroatoms. The molecule has 0 spiro atoms. The van der Waals surface area contributed by atoms with Crippen LogP contribution in [0.5, 0.6) is 0 Å². The molecule has 0 bridgehead atoms. The van der Waals surface area contributed by atoms with Crippen LogP contribution in [0.25, 0.3) is 5.57 Å². The second-order valence-electron chi connectivity index (χ2n) is 7.41. The monoisotopic (exact) mass is 403 g/mol. The number of benzene rings is 2. The maximum atomic E-state index is 12.7. The number of amides is 1. The van der Waals surface area contributed by atoms with Crippen molar-refractivity contribution >= 4 is 11.5 Å². The highest BCUT2D eigenvalue weighted by Crippen LogP contribution is 2.32. The Morgan fingerprint density at radius 1 is 1.03 bits per heavy atom. The molecule has 4 rings (SSSR count). The van der Waals surface area contributed by atoms with Gasteiger partial charge in [-0.25, -0.2) is 0 Å². The average molecular weight is 403 g/mol. The molecule has 2 aliphatic rings. The van der Waals surface area contributed by atoms with Crippen molar-refractivity contribution in [3.05, 3.63) is 76.9 Å². The summed E-state index contributed by atoms with van der Waals surface area (Å²) in [6, 6.07) is 12.0. The van der Waals surface area contributed by atoms with Gasteiger partial charge in [-0.15, -0.1) is 0 Å². The Morgan fingerprint density at radius 3 is 2.17 bits per heavy atom. The van der Waals surface area contributed by atoms with Crippen LogP contribution in [0.1, 0.15) is 33.5 Å². The zero-order valence-electron chi connectivity index (χ0n) is 15.6. The average Bonchev–Trinajstić information content (AvgIpc) is 2.71. The van der Waals surface area contributed by atoms with E-state index in [1.165, 1.54) is 12.1 Å². The van der Waals surface area contributed by atoms with Crippen LogP contribution in [0.2, 0.25) is 0 Å². The number of ether oxygens (including phenoxy) is 1. The zero-order chi connectivity index (χ0) is 20.6. The Bertz CT molecular complexity index is 929. The maximum Gasteiger partial charge on any atom is 0.416 e. The highest BCUT2D eigenvalue weighted by atomic mass is 19.4. The number of rotatable bonds is 3. The summed E-state index contributed by atoms with van der Waals surface area (Å²) in [7, 11) is 0. The van der Waals surface area contributed by atoms with Gasteiger partial charge in [0, 0.05) is 18.7 Å². The highest BCUT2D eigenvalue weighted by molar-refractivity contribution is 5.94. The van der Waals surface area contributed by atoms with Crippen LogP contribution in [0.15, 0.2) is 54.6 Å². The molecule has 1 N–H and O–H groups in total. The molecule has 0 unspecified atom stereocenters. The van der Waals surface area contributed by atoms with Gasteiger partial charge in [-0.05, 0) is 47.4 Å². The third kappa shape index (κ3) is 3.93. The first-order chi connectivity index (χ1) is 13.8. The minimum atomic E-state index is -4.35. The molecule has 0 aromatic heterocycles. The third-order valence-corrected chi connectivity index (χ3v) is 5.43. The van der Waals surface area contributed by atoms with E-state index in [2.05, 4.69) is 0 Å². The molecular formula is C22H20F3NO3. The minimum absolute atomic E-state index is 0.115. The number of carbonyl (C=O) groups excluding carboxylic acids is 1. The third-order valence-electron chi connectivity index (χ3n) is 5.43. The van der Waals surface area contributed by atoms with E-state index in [9.17, 15) is 23.1 Å². The first kappa shape index (κ1) is 19.7. The molecule has 2 aromatic carbocycles. The van der Waals surface area contributed by atoms with Crippen molar-refractivity contribution in [1.82, 2.24) is 4.90 Å². The number of aliphatic hydroxyl groups is 1. The molecule has 1 saturated heterocycles. The van der Waals surface area contributed by atoms with Gasteiger partial charge < -0.3 is 14.7 Å². The van der Waals surface area contributed by atoms with Crippen molar-refractivity contribution in [1.29, 1.82) is 0 Å². The molecule has 1 fully saturated rings. The van der Waals surface area contributed by atoms with Gasteiger partial charge in [-0.2, -0.15) is 13.2 Å². The normalized spacial score (nSPS) is 18.8. The number of hydrogen-bond acceptors (Lipinski definition) is 3. The Hall–Kier alpha value is -2.64. The highest BCUT2D eigenvalue weighted by Gasteiger charge is 2.38. The molecular weight excluding hydrogens is 383 g/mol. The van der Waals surface area contributed by atoms with Crippen LogP contribution < -0.4 is 0 Å². The Labute approximate surface area is 166 Å². The molecule has 0 aliphatic carbocycles. The summed E-state index contributed by atoms with van der Waals surface area (Å²) in [6.07, 6.45) is -1.89. The summed E-state index contributed by atoms with van der Waals surface area (Å²) in [6.45, 7) is 1.40. The van der Waals surface area contributed by atoms with Gasteiger partial charge in [0.25, 0.3) is 5.91 Å². The van der Waals surface area contributed by atoms with Gasteiger partial charge in [0.1, 0.15) is 5.60 Å². The Balaban J connectivity index is 1.42. The number of alkyl halides is 3. The van der Waals surface area contributed by atoms with E-state index < -0.39 is 17.3 Å². The molecule has 2 heterocycles. The molecule has 2 aromatic rings. The Kier molecular flexibility index (Phi) is 4.96. The van der Waals surface area contributed by atoms with Crippen LogP contribution in [-0.4, -0.2) is 42.2 Å². The van der Waals surface area contributed by atoms with Gasteiger partial charge in [-0.1, -0.05) is 30.3 Å². The van der Waals surface area contributed by atoms with E-state index in [-0.39, 0.29) is 19.1 Å². The summed E-state index contributed by atoms with van der Waals surface area (Å²) >= 11 is 0. The van der Waals surface area contributed by atoms with Crippen LogP contribution in [0.3, 0.4) is 0 Å². The Morgan fingerprint density at radius 2 is 1.69 bits per heavy atom. The van der Waals surface area contributed by atoms with Crippen LogP contribution in [0.4, 0.5) is 13.2 Å². The van der Waals surface area contributed by atoms with Gasteiger partial charge in [0.15, 0.2) is 0 Å². The summed E-state index contributed by atoms with van der Waals surface area (Å²) in [4.78, 5) is 14.4. The fraction of sp³-hybridized carbons (Fsp3) is 0.318. The predicted molar refractivity (Wildman–Crippen MR) is 101 cm³/mol. The second kappa shape index (κ2) is 7.31. The van der Waals surface area contributed by atoms with Crippen molar-refractivity contribution in [3.8, 4) is 0 Å². The van der Waals surface area contributed by atoms with Gasteiger partial charge in [-0.3, -0.25) is 4.79 Å². The van der Waals surface area contributed by atoms with Gasteiger partial charge in [0.05, 0.1) is 18.8 Å². The molecule has 0 radical (unpaired) electrons. The van der Waals surface area contributed by atoms with Crippen LogP contribution in [0, 0.1) is 0 Å². The van der Waals surface area contributed by atoms with Gasteiger partial charge >= 0.3 is 6.18 Å². The molecule has 0 atom stereocenters. The standard InChI is InChI=1S/C22H20F3NO3/c23-22(24,25)19-7-1-15(2-8-19)16-9-11-26(12-10-16)20(27)17-3-5-18(6-4-17)21(28)13-29-14-21/h1-9,28H,10-14H2. The van der Waals surface area contributed by atoms with E-state index in [0.29, 0.717) is 25.1 Å². The van der Waals surface area contributed by atoms with Crippen molar-refractivity contribution in [2.75, 3.05) is 26.3 Å². The fourth-order valence-electron chi connectivity index (χ4n) is 3.56. The quantitative estimate of drug-likeness (QED) is 0.847. The first-order valence-electron chi connectivity index (χ1n) is 9.33. The van der Waals surface area contributed by atoms with E-state index in [1.54, 1.807) is 29.2 Å². The molecule has 4 nitrogen and oxygen atoms in total. The van der Waals surface area contributed by atoms with E-state index in [0.717, 1.165) is 28.8 Å².